The Bertz CT molecular complexity index is 793. The maximum atomic E-state index is 12.0. The monoisotopic (exact) mass is 313 g/mol. The number of anilines is 2. The molecule has 1 aromatic carbocycles. The predicted molar refractivity (Wildman–Crippen MR) is 88.1 cm³/mol. The molecule has 0 aliphatic rings. The van der Waals surface area contributed by atoms with Crippen LogP contribution in [0.2, 0.25) is 0 Å². The molecule has 6 nitrogen and oxygen atoms in total. The van der Waals surface area contributed by atoms with Crippen molar-refractivity contribution in [2.45, 2.75) is 6.92 Å². The van der Waals surface area contributed by atoms with Crippen LogP contribution in [-0.2, 0) is 7.05 Å². The summed E-state index contributed by atoms with van der Waals surface area (Å²) < 4.78 is 1.63. The van der Waals surface area contributed by atoms with Gasteiger partial charge < -0.3 is 5.32 Å². The maximum absolute atomic E-state index is 12.0. The molecule has 0 radical (unpaired) electrons. The van der Waals surface area contributed by atoms with Crippen molar-refractivity contribution < 1.29 is 4.79 Å². The zero-order chi connectivity index (χ0) is 15.5. The van der Waals surface area contributed by atoms with Gasteiger partial charge in [-0.1, -0.05) is 41.7 Å². The minimum Gasteiger partial charge on any atom is -0.305 e. The summed E-state index contributed by atoms with van der Waals surface area (Å²) in [5.74, 6) is 0. The van der Waals surface area contributed by atoms with Crippen LogP contribution in [0.1, 0.15) is 5.69 Å². The highest BCUT2D eigenvalue weighted by Gasteiger charge is 2.12. The predicted octanol–water partition coefficient (Wildman–Crippen LogP) is 3.50. The Labute approximate surface area is 131 Å². The van der Waals surface area contributed by atoms with Crippen molar-refractivity contribution in [2.75, 3.05) is 10.6 Å². The minimum absolute atomic E-state index is 0.306. The fourth-order valence-corrected chi connectivity index (χ4v) is 2.93. The molecule has 0 bridgehead atoms. The highest BCUT2D eigenvalue weighted by atomic mass is 32.1. The number of thiazole rings is 1. The van der Waals surface area contributed by atoms with E-state index in [1.165, 1.54) is 11.3 Å². The number of aryl methyl sites for hydroxylation is 2. The van der Waals surface area contributed by atoms with E-state index >= 15 is 0 Å². The van der Waals surface area contributed by atoms with Gasteiger partial charge in [0.1, 0.15) is 10.0 Å². The van der Waals surface area contributed by atoms with Gasteiger partial charge in [-0.3, -0.25) is 10.00 Å². The fourth-order valence-electron chi connectivity index (χ4n) is 1.97. The second-order valence-electron chi connectivity index (χ2n) is 4.78. The summed E-state index contributed by atoms with van der Waals surface area (Å²) in [6, 6.07) is 9.59. The smallest absolute Gasteiger partial charge is 0.305 e. The molecular weight excluding hydrogens is 298 g/mol. The number of carbonyl (C=O) groups excluding carboxylic acids is 1. The number of nitrogens with zero attached hydrogens (tertiary/aromatic N) is 3. The molecule has 0 saturated heterocycles. The van der Waals surface area contributed by atoms with E-state index in [4.69, 9.17) is 0 Å². The summed E-state index contributed by atoms with van der Waals surface area (Å²) in [6.07, 6.45) is 3.32. The number of amides is 2. The lowest BCUT2D eigenvalue weighted by Gasteiger charge is -2.03. The number of aromatic nitrogens is 3. The first kappa shape index (κ1) is 14.3. The van der Waals surface area contributed by atoms with Gasteiger partial charge in [-0.2, -0.15) is 5.10 Å². The first-order chi connectivity index (χ1) is 10.6. The second kappa shape index (κ2) is 5.98. The fraction of sp³-hybridized carbons (Fsp3) is 0.133. The van der Waals surface area contributed by atoms with E-state index in [0.29, 0.717) is 5.69 Å². The van der Waals surface area contributed by atoms with Crippen molar-refractivity contribution in [2.24, 2.45) is 7.05 Å². The van der Waals surface area contributed by atoms with E-state index in [0.717, 1.165) is 21.3 Å². The molecule has 22 heavy (non-hydrogen) atoms. The molecule has 0 unspecified atom stereocenters. The Kier molecular flexibility index (Phi) is 3.88. The van der Waals surface area contributed by atoms with Crippen LogP contribution in [0.15, 0.2) is 42.7 Å². The van der Waals surface area contributed by atoms with Gasteiger partial charge in [0, 0.05) is 18.8 Å². The molecule has 0 aliphatic heterocycles. The van der Waals surface area contributed by atoms with Crippen LogP contribution in [0.3, 0.4) is 0 Å². The van der Waals surface area contributed by atoms with Gasteiger partial charge in [0.2, 0.25) is 0 Å². The number of nitrogens with one attached hydrogen (secondary N) is 2. The van der Waals surface area contributed by atoms with Gasteiger partial charge in [0.25, 0.3) is 0 Å². The first-order valence-electron chi connectivity index (χ1n) is 6.71. The molecule has 0 atom stereocenters. The number of rotatable bonds is 3. The number of hydrogen-bond acceptors (Lipinski definition) is 4. The zero-order valence-electron chi connectivity index (χ0n) is 12.2. The Morgan fingerprint density at radius 3 is 2.68 bits per heavy atom. The third kappa shape index (κ3) is 3.15. The highest BCUT2D eigenvalue weighted by molar-refractivity contribution is 7.19. The van der Waals surface area contributed by atoms with Crippen LogP contribution >= 0.6 is 11.3 Å². The van der Waals surface area contributed by atoms with E-state index in [9.17, 15) is 4.79 Å². The van der Waals surface area contributed by atoms with Crippen molar-refractivity contribution in [1.29, 1.82) is 0 Å². The lowest BCUT2D eigenvalue weighted by Crippen LogP contribution is -2.18. The minimum atomic E-state index is -0.306. The van der Waals surface area contributed by atoms with Crippen molar-refractivity contribution in [3.8, 4) is 10.6 Å². The van der Waals surface area contributed by atoms with Crippen molar-refractivity contribution in [1.82, 2.24) is 14.8 Å². The first-order valence-corrected chi connectivity index (χ1v) is 7.53. The van der Waals surface area contributed by atoms with Crippen molar-refractivity contribution in [3.63, 3.8) is 0 Å². The third-order valence-corrected chi connectivity index (χ3v) is 4.13. The molecule has 3 rings (SSSR count). The Morgan fingerprint density at radius 1 is 1.23 bits per heavy atom. The van der Waals surface area contributed by atoms with Gasteiger partial charge in [0.05, 0.1) is 17.6 Å². The standard InChI is InChI=1S/C15H15N5OS/c1-10-13(19-15(21)18-12-8-16-20(2)9-12)22-14(17-10)11-6-4-3-5-7-11/h3-9H,1-2H3,(H2,18,19,21). The van der Waals surface area contributed by atoms with Gasteiger partial charge >= 0.3 is 6.03 Å². The lowest BCUT2D eigenvalue weighted by atomic mass is 10.2. The molecule has 2 N–H and O–H groups in total. The SMILES string of the molecule is Cc1nc(-c2ccccc2)sc1NC(=O)Nc1cnn(C)c1. The molecule has 0 spiro atoms. The number of urea groups is 1. The molecular formula is C15H15N5OS. The average Bonchev–Trinajstić information content (AvgIpc) is 3.07. The quantitative estimate of drug-likeness (QED) is 0.777. The van der Waals surface area contributed by atoms with Crippen LogP contribution in [0.5, 0.6) is 0 Å². The maximum Gasteiger partial charge on any atom is 0.324 e. The molecule has 2 amide bonds. The topological polar surface area (TPSA) is 71.8 Å². The van der Waals surface area contributed by atoms with Crippen LogP contribution in [-0.4, -0.2) is 20.8 Å². The van der Waals surface area contributed by atoms with Crippen LogP contribution in [0, 0.1) is 6.92 Å². The summed E-state index contributed by atoms with van der Waals surface area (Å²) in [4.78, 5) is 16.5. The summed E-state index contributed by atoms with van der Waals surface area (Å²) in [6.45, 7) is 1.88. The largest absolute Gasteiger partial charge is 0.324 e. The second-order valence-corrected chi connectivity index (χ2v) is 5.78. The van der Waals surface area contributed by atoms with Gasteiger partial charge in [-0.25, -0.2) is 9.78 Å². The van der Waals surface area contributed by atoms with Crippen molar-refractivity contribution >= 4 is 28.1 Å². The molecule has 112 valence electrons. The molecule has 3 aromatic rings. The van der Waals surface area contributed by atoms with Crippen LogP contribution in [0.25, 0.3) is 10.6 Å². The average molecular weight is 313 g/mol. The van der Waals surface area contributed by atoms with Crippen molar-refractivity contribution in [3.05, 3.63) is 48.4 Å². The Hall–Kier alpha value is -2.67. The number of carbonyl (C=O) groups is 1. The third-order valence-electron chi connectivity index (χ3n) is 3.01. The molecule has 7 heteroatoms. The summed E-state index contributed by atoms with van der Waals surface area (Å²) in [5, 5.41) is 11.2. The van der Waals surface area contributed by atoms with Crippen LogP contribution in [0.4, 0.5) is 15.5 Å². The van der Waals surface area contributed by atoms with E-state index in [2.05, 4.69) is 20.7 Å². The van der Waals surface area contributed by atoms with Gasteiger partial charge in [0.15, 0.2) is 0 Å². The summed E-state index contributed by atoms with van der Waals surface area (Å²) in [7, 11) is 1.79. The normalized spacial score (nSPS) is 10.5. The number of benzene rings is 1. The lowest BCUT2D eigenvalue weighted by molar-refractivity contribution is 0.262. The number of hydrogen-bond donors (Lipinski definition) is 2. The molecule has 0 fully saturated rings. The highest BCUT2D eigenvalue weighted by Crippen LogP contribution is 2.31. The Morgan fingerprint density at radius 2 is 2.00 bits per heavy atom. The van der Waals surface area contributed by atoms with E-state index < -0.39 is 0 Å². The van der Waals surface area contributed by atoms with Crippen LogP contribution < -0.4 is 10.6 Å². The molecule has 2 heterocycles. The zero-order valence-corrected chi connectivity index (χ0v) is 13.0. The summed E-state index contributed by atoms with van der Waals surface area (Å²) in [5.41, 5.74) is 2.48. The van der Waals surface area contributed by atoms with E-state index in [1.807, 2.05) is 37.3 Å². The molecule has 2 aromatic heterocycles. The molecule has 0 aliphatic carbocycles. The Balaban J connectivity index is 1.73. The van der Waals surface area contributed by atoms with E-state index in [-0.39, 0.29) is 6.03 Å². The molecule has 0 saturated carbocycles. The van der Waals surface area contributed by atoms with Gasteiger partial charge in [-0.15, -0.1) is 0 Å². The summed E-state index contributed by atoms with van der Waals surface area (Å²) >= 11 is 1.45. The van der Waals surface area contributed by atoms with Gasteiger partial charge in [-0.05, 0) is 6.92 Å². The van der Waals surface area contributed by atoms with E-state index in [1.54, 1.807) is 24.1 Å².